The van der Waals surface area contributed by atoms with Crippen molar-refractivity contribution in [1.29, 1.82) is 0 Å². The van der Waals surface area contributed by atoms with Crippen LogP contribution in [0.5, 0.6) is 11.5 Å². The van der Waals surface area contributed by atoms with Gasteiger partial charge in [0.15, 0.2) is 12.2 Å². The number of methoxy groups -OCH3 is 2. The number of benzene rings is 7. The van der Waals surface area contributed by atoms with Gasteiger partial charge in [0.2, 0.25) is 0 Å². The van der Waals surface area contributed by atoms with Crippen LogP contribution in [0, 0.1) is 20.2 Å². The van der Waals surface area contributed by atoms with Crippen molar-refractivity contribution in [2.24, 2.45) is 0 Å². The van der Waals surface area contributed by atoms with Crippen molar-refractivity contribution in [2.75, 3.05) is 54.0 Å². The summed E-state index contributed by atoms with van der Waals surface area (Å²) in [6, 6.07) is 62.1. The summed E-state index contributed by atoms with van der Waals surface area (Å²) in [7, 11) is 4.94. The van der Waals surface area contributed by atoms with Gasteiger partial charge in [-0.05, 0) is 227 Å². The van der Waals surface area contributed by atoms with Crippen molar-refractivity contribution in [2.45, 2.75) is 115 Å². The van der Waals surface area contributed by atoms with Crippen molar-refractivity contribution in [3.8, 4) is 11.5 Å². The van der Waals surface area contributed by atoms with Gasteiger partial charge < -0.3 is 60.1 Å². The third kappa shape index (κ3) is 28.9. The number of hydrogen-bond donors (Lipinski definition) is 7. The molecule has 114 heavy (non-hydrogen) atoms. The summed E-state index contributed by atoms with van der Waals surface area (Å²) in [5, 5.41) is 71.6. The van der Waals surface area contributed by atoms with Crippen LogP contribution in [0.25, 0.3) is 0 Å². The SMILES string of the molecule is CCC(CCNC)O[C@@H](c1ccc(Cl)cc1)c1ccccn1.COc1ccc(C(Sc2cc(Cl)ccc2[N+](=O)[O-])C(O)C(=O)O)cc1.COc1ccc(C(Sc2cc(Cl)ccc2[N+](=O)[O-])C(O)C(=O)O)cc1.Clc1ccc(C(OC2CCNCC2)c2ccccn2)cc1.Clc1ccc([C@H](OC2CCNCC2)c2ccccn2)cc1. The Hall–Kier alpha value is -8.84. The molecule has 7 aromatic carbocycles. The summed E-state index contributed by atoms with van der Waals surface area (Å²) in [6.45, 7) is 7.15. The fourth-order valence-corrected chi connectivity index (χ4v) is 15.2. The molecule has 10 aromatic rings. The van der Waals surface area contributed by atoms with Gasteiger partial charge in [0, 0.05) is 55.8 Å². The second-order valence-corrected chi connectivity index (χ2v) is 30.3. The van der Waals surface area contributed by atoms with E-state index in [9.17, 15) is 50.2 Å². The molecule has 8 atom stereocenters. The number of thioether (sulfide) groups is 2. The van der Waals surface area contributed by atoms with Crippen molar-refractivity contribution in [3.05, 3.63) is 321 Å². The topological polar surface area (TPSA) is 322 Å². The number of halogens is 5. The van der Waals surface area contributed by atoms with Gasteiger partial charge in [0.05, 0.1) is 79.8 Å². The smallest absolute Gasteiger partial charge is 0.334 e. The zero-order chi connectivity index (χ0) is 81.9. The van der Waals surface area contributed by atoms with Gasteiger partial charge in [-0.1, -0.05) is 144 Å². The molecule has 12 rings (SSSR count). The van der Waals surface area contributed by atoms with E-state index >= 15 is 0 Å². The van der Waals surface area contributed by atoms with Crippen molar-refractivity contribution in [1.82, 2.24) is 30.9 Å². The Bertz CT molecular complexity index is 4330. The molecule has 3 aromatic heterocycles. The minimum absolute atomic E-state index is 0.133. The number of nitrogens with zero attached hydrogens (tertiary/aromatic N) is 5. The van der Waals surface area contributed by atoms with Gasteiger partial charge in [0.25, 0.3) is 11.4 Å². The molecule has 0 aliphatic carbocycles. The van der Waals surface area contributed by atoms with E-state index in [1.54, 1.807) is 54.7 Å². The molecule has 2 aliphatic heterocycles. The monoisotopic (exact) mass is 1690 g/mol. The summed E-state index contributed by atoms with van der Waals surface area (Å²) in [5.41, 5.74) is 6.60. The van der Waals surface area contributed by atoms with Crippen LogP contribution in [0.1, 0.15) is 119 Å². The maximum Gasteiger partial charge on any atom is 0.334 e. The predicted octanol–water partition coefficient (Wildman–Crippen LogP) is 18.5. The van der Waals surface area contributed by atoms with Crippen LogP contribution in [-0.2, 0) is 23.8 Å². The van der Waals surface area contributed by atoms with Crippen LogP contribution in [0.15, 0.2) is 241 Å². The number of aliphatic hydroxyl groups is 2. The molecule has 0 saturated carbocycles. The molecule has 0 spiro atoms. The number of nitrogens with one attached hydrogen (secondary N) is 3. The van der Waals surface area contributed by atoms with Crippen LogP contribution in [-0.4, -0.2) is 142 Å². The van der Waals surface area contributed by atoms with E-state index in [1.807, 2.05) is 147 Å². The third-order valence-electron chi connectivity index (χ3n) is 17.8. The fraction of sp³-hybridized carbons (Fsp3) is 0.298. The molecule has 2 fully saturated rings. The molecule has 0 radical (unpaired) electrons. The maximum atomic E-state index is 11.3. The predicted molar refractivity (Wildman–Crippen MR) is 447 cm³/mol. The highest BCUT2D eigenvalue weighted by atomic mass is 35.5. The largest absolute Gasteiger partial charge is 0.497 e. The highest BCUT2D eigenvalue weighted by molar-refractivity contribution is 8.00. The van der Waals surface area contributed by atoms with Gasteiger partial charge in [-0.3, -0.25) is 35.2 Å². The van der Waals surface area contributed by atoms with Crippen molar-refractivity contribution < 1.29 is 63.5 Å². The molecule has 23 nitrogen and oxygen atoms in total. The number of aliphatic hydroxyl groups excluding tert-OH is 2. The second kappa shape index (κ2) is 47.9. The normalized spacial score (nSPS) is 14.9. The van der Waals surface area contributed by atoms with Crippen LogP contribution in [0.2, 0.25) is 25.1 Å². The van der Waals surface area contributed by atoms with Crippen LogP contribution < -0.4 is 25.4 Å². The second-order valence-electron chi connectivity index (χ2n) is 25.7. The molecular formula is C84H89Cl5N8O15S2. The standard InChI is InChI=1S/C18H23ClN2O.2C17H19ClN2O.2C16H14ClNO6S/c1-3-16(11-13-20-2)22-18(17-6-4-5-12-21-17)14-7-9-15(19)10-8-14;2*18-14-6-4-13(5-7-14)17(16-3-1-2-10-20-16)21-15-8-11-19-12-9-15;2*1-24-11-5-2-9(3-6-11)15(14(19)16(20)21)25-13-8-10(17)4-7-12(13)18(22)23/h4-10,12,16,18,20H,3,11,13H2,1-2H3;2*1-7,10,15,17,19H,8-9,11-12H2;2*2-8,14-15,19H,1H3,(H,20,21)/t16?,18-;17-;;;/m00.../s1. The number of nitro benzene ring substituents is 2. The number of piperidine rings is 2. The average molecular weight is 1690 g/mol. The minimum Gasteiger partial charge on any atom is -0.497 e. The summed E-state index contributed by atoms with van der Waals surface area (Å²) in [4.78, 5) is 57.5. The number of pyridine rings is 3. The van der Waals surface area contributed by atoms with Gasteiger partial charge in [-0.2, -0.15) is 0 Å². The van der Waals surface area contributed by atoms with Crippen LogP contribution >= 0.6 is 81.5 Å². The van der Waals surface area contributed by atoms with E-state index in [-0.39, 0.29) is 67.8 Å². The summed E-state index contributed by atoms with van der Waals surface area (Å²) in [5.74, 6) is -1.74. The Kier molecular flexibility index (Phi) is 38.1. The van der Waals surface area contributed by atoms with E-state index < -0.39 is 44.5 Å². The molecule has 7 N–H and O–H groups in total. The van der Waals surface area contributed by atoms with Crippen molar-refractivity contribution in [3.63, 3.8) is 0 Å². The minimum atomic E-state index is -1.77. The lowest BCUT2D eigenvalue weighted by molar-refractivity contribution is -0.387. The zero-order valence-corrected chi connectivity index (χ0v) is 68.1. The highest BCUT2D eigenvalue weighted by Gasteiger charge is 2.34. The first kappa shape index (κ1) is 90.7. The van der Waals surface area contributed by atoms with E-state index in [0.717, 1.165) is 144 Å². The van der Waals surface area contributed by atoms with E-state index in [1.165, 1.54) is 50.6 Å². The van der Waals surface area contributed by atoms with E-state index in [2.05, 4.69) is 37.8 Å². The van der Waals surface area contributed by atoms with Gasteiger partial charge in [0.1, 0.15) is 29.8 Å². The number of aromatic nitrogens is 3. The number of carbonyl (C=O) groups is 2. The van der Waals surface area contributed by atoms with E-state index in [4.69, 9.17) is 81.7 Å². The highest BCUT2D eigenvalue weighted by Crippen LogP contribution is 2.45. The molecule has 0 bridgehead atoms. The molecule has 30 heteroatoms. The first-order valence-electron chi connectivity index (χ1n) is 36.4. The molecule has 5 heterocycles. The zero-order valence-electron chi connectivity index (χ0n) is 62.7. The number of rotatable bonds is 30. The fourth-order valence-electron chi connectivity index (χ4n) is 11.8. The number of carboxylic acid groups (broad SMARTS) is 2. The maximum absolute atomic E-state index is 11.3. The Morgan fingerprint density at radius 2 is 0.816 bits per heavy atom. The van der Waals surface area contributed by atoms with Crippen molar-refractivity contribution >= 4 is 105 Å². The number of nitro groups is 2. The van der Waals surface area contributed by atoms with Gasteiger partial charge in [-0.15, -0.1) is 23.5 Å². The number of hydrogen-bond acceptors (Lipinski definition) is 21. The third-order valence-corrected chi connectivity index (χ3v) is 21.8. The summed E-state index contributed by atoms with van der Waals surface area (Å²) in [6.07, 6.45) is 8.29. The Balaban J connectivity index is 0.000000179. The summed E-state index contributed by atoms with van der Waals surface area (Å²) >= 11 is 31.5. The molecular weight excluding hydrogens is 1600 g/mol. The molecule has 2 aliphatic rings. The Labute approximate surface area is 695 Å². The quantitative estimate of drug-likeness (QED) is 0.0125. The molecule has 2 saturated heterocycles. The average Bonchev–Trinajstić information content (AvgIpc) is 0.859. The lowest BCUT2D eigenvalue weighted by atomic mass is 10.0. The molecule has 602 valence electrons. The lowest BCUT2D eigenvalue weighted by Crippen LogP contribution is -2.33. The first-order valence-corrected chi connectivity index (χ1v) is 40.0. The number of ether oxygens (including phenoxy) is 5. The van der Waals surface area contributed by atoms with Crippen LogP contribution in [0.4, 0.5) is 11.4 Å². The van der Waals surface area contributed by atoms with Crippen LogP contribution in [0.3, 0.4) is 0 Å². The molecule has 0 amide bonds. The Morgan fingerprint density at radius 3 is 1.11 bits per heavy atom. The van der Waals surface area contributed by atoms with E-state index in [0.29, 0.717) is 22.6 Å². The first-order chi connectivity index (χ1) is 55.1. The number of aliphatic carboxylic acids is 2. The molecule has 6 unspecified atom stereocenters. The Morgan fingerprint density at radius 1 is 0.491 bits per heavy atom. The lowest BCUT2D eigenvalue weighted by Gasteiger charge is -2.28. The number of carboxylic acids is 2. The van der Waals surface area contributed by atoms with Gasteiger partial charge in [-0.25, -0.2) is 9.59 Å². The van der Waals surface area contributed by atoms with Gasteiger partial charge >= 0.3 is 11.9 Å². The summed E-state index contributed by atoms with van der Waals surface area (Å²) < 4.78 is 29.2.